The fourth-order valence-corrected chi connectivity index (χ4v) is 8.97. The second-order valence-corrected chi connectivity index (χ2v) is 19.2. The number of aliphatic hydroxyl groups is 9. The summed E-state index contributed by atoms with van der Waals surface area (Å²) in [7, 11) is 0. The zero-order chi connectivity index (χ0) is 60.4. The number of phenolic OH excluding ortho intramolecular Hbond substituents is 4. The van der Waals surface area contributed by atoms with Gasteiger partial charge in [-0.25, -0.2) is 14.4 Å². The van der Waals surface area contributed by atoms with Crippen LogP contribution in [0.5, 0.6) is 23.0 Å². The maximum atomic E-state index is 14.1. The lowest BCUT2D eigenvalue weighted by Crippen LogP contribution is -2.69. The normalized spacial score (nSPS) is 33.6. The van der Waals surface area contributed by atoms with E-state index < -0.39 is 202 Å². The monoisotopic (exact) mass is 1180 g/mol. The second kappa shape index (κ2) is 28.1. The molecule has 4 saturated heterocycles. The Hall–Kier alpha value is -6.95. The van der Waals surface area contributed by atoms with Gasteiger partial charge in [-0.05, 0) is 59.7 Å². The molecule has 30 heteroatoms. The third-order valence-electron chi connectivity index (χ3n) is 13.3. The quantitative estimate of drug-likeness (QED) is 0.0214. The highest BCUT2D eigenvalue weighted by Gasteiger charge is 2.64. The topological polar surface area (TPSA) is 459 Å². The van der Waals surface area contributed by atoms with Crippen molar-refractivity contribution >= 4 is 42.0 Å². The van der Waals surface area contributed by atoms with E-state index in [4.69, 9.17) is 56.8 Å². The average molecular weight is 1180 g/mol. The molecule has 0 radical (unpaired) electrons. The van der Waals surface area contributed by atoms with Crippen LogP contribution in [-0.2, 0) is 76.0 Å². The highest BCUT2D eigenvalue weighted by molar-refractivity contribution is 5.90. The van der Waals surface area contributed by atoms with E-state index in [0.717, 1.165) is 62.4 Å². The van der Waals surface area contributed by atoms with Gasteiger partial charge in [-0.2, -0.15) is 0 Å². The zero-order valence-electron chi connectivity index (χ0n) is 43.8. The molecular formula is C53H62O30. The molecule has 0 aliphatic carbocycles. The number of aliphatic hydroxyl groups excluding tert-OH is 9. The van der Waals surface area contributed by atoms with Gasteiger partial charge in [-0.15, -0.1) is 0 Å². The first-order valence-corrected chi connectivity index (χ1v) is 25.3. The maximum absolute atomic E-state index is 14.1. The number of esters is 5. The summed E-state index contributed by atoms with van der Waals surface area (Å²) in [5, 5.41) is 139. The van der Waals surface area contributed by atoms with Crippen molar-refractivity contribution in [2.24, 2.45) is 0 Å². The molecule has 0 amide bonds. The molecular weight excluding hydrogens is 1120 g/mol. The molecule has 19 unspecified atom stereocenters. The van der Waals surface area contributed by atoms with Crippen molar-refractivity contribution in [1.29, 1.82) is 0 Å². The number of benzene rings is 3. The predicted molar refractivity (Wildman–Crippen MR) is 268 cm³/mol. The Balaban J connectivity index is 1.40. The third kappa shape index (κ3) is 15.4. The van der Waals surface area contributed by atoms with Crippen LogP contribution in [0.2, 0.25) is 0 Å². The second-order valence-electron chi connectivity index (χ2n) is 19.2. The highest BCUT2D eigenvalue weighted by atomic mass is 16.8. The van der Waals surface area contributed by atoms with Gasteiger partial charge in [-0.1, -0.05) is 30.3 Å². The minimum Gasteiger partial charge on any atom is -0.504 e. The fraction of sp³-hybridized carbons (Fsp3) is 0.491. The number of hydrogen-bond acceptors (Lipinski definition) is 30. The molecule has 0 aromatic heterocycles. The van der Waals surface area contributed by atoms with Crippen molar-refractivity contribution in [2.45, 2.75) is 130 Å². The molecule has 7 rings (SSSR count). The average Bonchev–Trinajstić information content (AvgIpc) is 3.24. The minimum absolute atomic E-state index is 0.104. The first-order valence-electron chi connectivity index (χ1n) is 25.3. The van der Waals surface area contributed by atoms with Crippen molar-refractivity contribution in [1.82, 2.24) is 0 Å². The van der Waals surface area contributed by atoms with Crippen LogP contribution in [0.3, 0.4) is 0 Å². The van der Waals surface area contributed by atoms with Crippen molar-refractivity contribution < 1.29 is 147 Å². The number of carbonyl (C=O) groups is 5. The number of phenols is 4. The van der Waals surface area contributed by atoms with Gasteiger partial charge in [0.2, 0.25) is 5.79 Å². The van der Waals surface area contributed by atoms with Crippen molar-refractivity contribution in [2.75, 3.05) is 33.0 Å². The van der Waals surface area contributed by atoms with Gasteiger partial charge in [0.25, 0.3) is 0 Å². The molecule has 0 saturated carbocycles. The molecule has 454 valence electrons. The Bertz CT molecular complexity index is 2780. The van der Waals surface area contributed by atoms with Crippen LogP contribution in [0.25, 0.3) is 12.2 Å². The number of aromatic hydroxyl groups is 4. The summed E-state index contributed by atoms with van der Waals surface area (Å²) in [6.45, 7) is -3.25. The van der Waals surface area contributed by atoms with E-state index in [1.165, 1.54) is 36.4 Å². The smallest absolute Gasteiger partial charge is 0.338 e. The summed E-state index contributed by atoms with van der Waals surface area (Å²) in [6.07, 6.45) is -34.7. The van der Waals surface area contributed by atoms with Crippen molar-refractivity contribution in [3.8, 4) is 23.0 Å². The van der Waals surface area contributed by atoms with Gasteiger partial charge in [0.05, 0.1) is 18.8 Å². The van der Waals surface area contributed by atoms with Crippen LogP contribution < -0.4 is 0 Å². The number of hydrogen-bond donors (Lipinski definition) is 13. The van der Waals surface area contributed by atoms with Gasteiger partial charge in [0, 0.05) is 26.0 Å². The molecule has 19 atom stereocenters. The molecule has 0 spiro atoms. The van der Waals surface area contributed by atoms with Crippen LogP contribution in [-0.4, -0.2) is 245 Å². The van der Waals surface area contributed by atoms with Gasteiger partial charge < -0.3 is 123 Å². The number of ether oxygens (including phenoxy) is 12. The Labute approximate surface area is 469 Å². The van der Waals surface area contributed by atoms with E-state index in [-0.39, 0.29) is 16.7 Å². The molecule has 4 aliphatic heterocycles. The Morgan fingerprint density at radius 2 is 1.02 bits per heavy atom. The molecule has 30 nitrogen and oxygen atoms in total. The summed E-state index contributed by atoms with van der Waals surface area (Å²) >= 11 is 0. The maximum Gasteiger partial charge on any atom is 0.338 e. The lowest BCUT2D eigenvalue weighted by Gasteiger charge is -2.50. The lowest BCUT2D eigenvalue weighted by molar-refractivity contribution is -0.421. The first kappa shape index (κ1) is 63.6. The fourth-order valence-electron chi connectivity index (χ4n) is 8.97. The van der Waals surface area contributed by atoms with Crippen LogP contribution in [0.4, 0.5) is 0 Å². The predicted octanol–water partition coefficient (Wildman–Crippen LogP) is -3.39. The standard InChI is InChI=1S/C53H62O30/c1-23(56)72-20-34-39(65)42(68)44(70)51(76-34)79-46-45(78-37(63)15-11-26-9-13-29(59)31(61)17-26)35(21-73-24(2)57)77-52(47(46)80-50-43(69)41(67)38(64)32(18-54)75-50)83-53(22-74-36(62)14-10-25-8-12-28(58)30(60)16-25)48(40(66)33(19-55)82-53)81-49(71)27-6-4-3-5-7-27/h3-17,32-35,38-48,50-52,54-55,58-61,64-70H,18-22H2,1-2H3. The molecule has 13 N–H and O–H groups in total. The number of rotatable bonds is 21. The molecule has 3 aromatic rings. The summed E-state index contributed by atoms with van der Waals surface area (Å²) in [5.74, 6) is -10.8. The zero-order valence-corrected chi connectivity index (χ0v) is 43.8. The SMILES string of the molecule is CC(=O)OCC1OC(OC2C(OC(=O)C=Cc3ccc(O)c(O)c3)C(COC(C)=O)OC(OC3(COC(=O)C=Cc4ccc(O)c(O)c4)OC(CO)C(O)C3OC(=O)c3ccccc3)C2OC2OC(CO)C(O)C(O)C2O)C(O)C(O)C1O. The Kier molecular flexibility index (Phi) is 21.5. The Morgan fingerprint density at radius 3 is 1.57 bits per heavy atom. The van der Waals surface area contributed by atoms with Gasteiger partial charge in [0.15, 0.2) is 54.1 Å². The Morgan fingerprint density at radius 1 is 0.518 bits per heavy atom. The summed E-state index contributed by atoms with van der Waals surface area (Å²) < 4.78 is 70.9. The number of carbonyl (C=O) groups excluding carboxylic acids is 5. The molecule has 4 aliphatic rings. The van der Waals surface area contributed by atoms with Crippen molar-refractivity contribution in [3.63, 3.8) is 0 Å². The van der Waals surface area contributed by atoms with Crippen molar-refractivity contribution in [3.05, 3.63) is 95.6 Å². The van der Waals surface area contributed by atoms with Gasteiger partial charge >= 0.3 is 29.8 Å². The van der Waals surface area contributed by atoms with Gasteiger partial charge in [0.1, 0.15) is 99.2 Å². The van der Waals surface area contributed by atoms with E-state index in [2.05, 4.69) is 0 Å². The van der Waals surface area contributed by atoms with Crippen LogP contribution in [0.1, 0.15) is 35.3 Å². The van der Waals surface area contributed by atoms with E-state index >= 15 is 0 Å². The van der Waals surface area contributed by atoms with Crippen LogP contribution >= 0.6 is 0 Å². The van der Waals surface area contributed by atoms with E-state index in [9.17, 15) is 90.4 Å². The van der Waals surface area contributed by atoms with Gasteiger partial charge in [-0.3, -0.25) is 9.59 Å². The molecule has 0 bridgehead atoms. The summed E-state index contributed by atoms with van der Waals surface area (Å²) in [5.41, 5.74) is 0.112. The van der Waals surface area contributed by atoms with Crippen LogP contribution in [0, 0.1) is 0 Å². The largest absolute Gasteiger partial charge is 0.504 e. The summed E-state index contributed by atoms with van der Waals surface area (Å²) in [4.78, 5) is 66.2. The van der Waals surface area contributed by atoms with E-state index in [1.807, 2.05) is 0 Å². The van der Waals surface area contributed by atoms with Crippen LogP contribution in [0.15, 0.2) is 78.9 Å². The lowest BCUT2D eigenvalue weighted by atomic mass is 9.95. The van der Waals surface area contributed by atoms with E-state index in [0.29, 0.717) is 0 Å². The van der Waals surface area contributed by atoms with E-state index in [1.54, 1.807) is 6.07 Å². The minimum atomic E-state index is -2.98. The highest BCUT2D eigenvalue weighted by Crippen LogP contribution is 2.42. The third-order valence-corrected chi connectivity index (χ3v) is 13.3. The molecule has 4 heterocycles. The molecule has 4 fully saturated rings. The summed E-state index contributed by atoms with van der Waals surface area (Å²) in [6, 6.07) is 14.0. The first-order chi connectivity index (χ1) is 39.4. The molecule has 83 heavy (non-hydrogen) atoms. The molecule has 3 aromatic carbocycles.